The van der Waals surface area contributed by atoms with Crippen LogP contribution in [-0.4, -0.2) is 49.3 Å². The molecule has 0 aromatic rings. The van der Waals surface area contributed by atoms with Gasteiger partial charge in [0.1, 0.15) is 6.61 Å². The maximum Gasteiger partial charge on any atom is 0.472 e. The van der Waals surface area contributed by atoms with Gasteiger partial charge in [0.05, 0.1) is 26.1 Å². The summed E-state index contributed by atoms with van der Waals surface area (Å²) in [5, 5.41) is 0. The predicted octanol–water partition coefficient (Wildman–Crippen LogP) is 15.0. The van der Waals surface area contributed by atoms with Gasteiger partial charge in [0.25, 0.3) is 0 Å². The van der Waals surface area contributed by atoms with Gasteiger partial charge in [0, 0.05) is 6.54 Å². The molecule has 0 heterocycles. The minimum Gasteiger partial charge on any atom is -0.461 e. The monoisotopic (exact) mass is 890 g/mol. The zero-order valence-corrected chi connectivity index (χ0v) is 40.5. The number of phosphoric acid groups is 1. The molecule has 10 heteroatoms. The minimum atomic E-state index is -4.42. The molecular weight excluding hydrogens is 798 g/mol. The molecule has 0 rings (SSSR count). The number of hydrogen-bond acceptors (Lipinski definition) is 8. The summed E-state index contributed by atoms with van der Waals surface area (Å²) in [5.74, 6) is -1.10. The number of ether oxygens (including phenoxy) is 2. The zero-order chi connectivity index (χ0) is 45.3. The highest BCUT2D eigenvalue weighted by Crippen LogP contribution is 2.43. The highest BCUT2D eigenvalue weighted by Gasteiger charge is 2.25. The van der Waals surface area contributed by atoms with Crippen LogP contribution in [0.1, 0.15) is 213 Å². The minimum absolute atomic E-state index is 0.0108. The first kappa shape index (κ1) is 59.5. The van der Waals surface area contributed by atoms with Crippen molar-refractivity contribution in [3.05, 3.63) is 72.9 Å². The van der Waals surface area contributed by atoms with Crippen LogP contribution in [-0.2, 0) is 32.7 Å². The maximum absolute atomic E-state index is 12.6. The second kappa shape index (κ2) is 47.9. The van der Waals surface area contributed by atoms with Gasteiger partial charge in [-0.25, -0.2) is 4.57 Å². The molecule has 1 unspecified atom stereocenters. The number of phosphoric ester groups is 1. The van der Waals surface area contributed by atoms with Crippen molar-refractivity contribution in [2.75, 3.05) is 26.4 Å². The first-order valence-electron chi connectivity index (χ1n) is 24.9. The van der Waals surface area contributed by atoms with Gasteiger partial charge in [-0.2, -0.15) is 0 Å². The number of carbonyl (C=O) groups excluding carboxylic acids is 2. The SMILES string of the molecule is CCCCCCCCCCCCCC=CCC=CCC=CCC(=O)O[C@H](COC(=O)CC=CCC=CCC=CCCCCCCCCCCCCCC)COP(=O)(O)OCCN. The molecule has 0 aliphatic carbocycles. The number of carbonyl (C=O) groups is 2. The Bertz CT molecular complexity index is 1240. The molecule has 0 aliphatic rings. The first-order valence-corrected chi connectivity index (χ1v) is 26.4. The fraction of sp³-hybridized carbons (Fsp3) is 0.731. The Morgan fingerprint density at radius 1 is 0.484 bits per heavy atom. The second-order valence-electron chi connectivity index (χ2n) is 16.4. The van der Waals surface area contributed by atoms with E-state index in [0.717, 1.165) is 25.7 Å². The second-order valence-corrected chi connectivity index (χ2v) is 17.8. The predicted molar refractivity (Wildman–Crippen MR) is 261 cm³/mol. The molecule has 0 aromatic heterocycles. The third kappa shape index (κ3) is 46.9. The van der Waals surface area contributed by atoms with Crippen LogP contribution in [0, 0.1) is 0 Å². The van der Waals surface area contributed by atoms with Crippen LogP contribution in [0.15, 0.2) is 72.9 Å². The Morgan fingerprint density at radius 2 is 0.839 bits per heavy atom. The topological polar surface area (TPSA) is 134 Å². The van der Waals surface area contributed by atoms with Gasteiger partial charge in [0.15, 0.2) is 6.10 Å². The molecule has 358 valence electrons. The Kier molecular flexibility index (Phi) is 45.9. The van der Waals surface area contributed by atoms with E-state index in [4.69, 9.17) is 24.3 Å². The standard InChI is InChI=1S/C52H92NO8P/c1-3-5-7-9-11-13-15-17-19-21-23-25-27-28-30-32-34-36-38-40-42-44-51(54)58-48-50(49-60-62(56,57)59-47-46-53)61-52(55)45-43-41-39-37-35-33-31-29-26-24-22-20-18-16-14-12-10-8-6-4-2/h28-31,34-37,40-43,50H,3-27,32-33,38-39,44-49,53H2,1-2H3,(H,56,57)/t50-/m1/s1. The molecule has 3 N–H and O–H groups in total. The lowest BCUT2D eigenvalue weighted by Crippen LogP contribution is -2.29. The molecule has 0 saturated carbocycles. The van der Waals surface area contributed by atoms with E-state index in [1.165, 1.54) is 148 Å². The molecule has 0 amide bonds. The highest BCUT2D eigenvalue weighted by molar-refractivity contribution is 7.47. The lowest BCUT2D eigenvalue weighted by molar-refractivity contribution is -0.160. The molecule has 2 atom stereocenters. The van der Waals surface area contributed by atoms with E-state index in [2.05, 4.69) is 62.5 Å². The van der Waals surface area contributed by atoms with Crippen molar-refractivity contribution in [1.29, 1.82) is 0 Å². The summed E-state index contributed by atoms with van der Waals surface area (Å²) in [6.07, 6.45) is 60.1. The number of esters is 2. The average molecular weight is 890 g/mol. The Morgan fingerprint density at radius 3 is 1.24 bits per heavy atom. The third-order valence-corrected chi connectivity index (χ3v) is 11.4. The van der Waals surface area contributed by atoms with Crippen molar-refractivity contribution >= 4 is 19.8 Å². The highest BCUT2D eigenvalue weighted by atomic mass is 31.2. The molecule has 0 aliphatic heterocycles. The Balaban J connectivity index is 4.28. The first-order chi connectivity index (χ1) is 30.3. The third-order valence-electron chi connectivity index (χ3n) is 10.4. The molecule has 0 radical (unpaired) electrons. The van der Waals surface area contributed by atoms with Crippen molar-refractivity contribution in [3.63, 3.8) is 0 Å². The number of hydrogen-bond donors (Lipinski definition) is 2. The average Bonchev–Trinajstić information content (AvgIpc) is 3.26. The van der Waals surface area contributed by atoms with Crippen LogP contribution in [0.25, 0.3) is 0 Å². The zero-order valence-electron chi connectivity index (χ0n) is 39.6. The summed E-state index contributed by atoms with van der Waals surface area (Å²) in [5.41, 5.74) is 5.35. The summed E-state index contributed by atoms with van der Waals surface area (Å²) >= 11 is 0. The van der Waals surface area contributed by atoms with Gasteiger partial charge in [0.2, 0.25) is 0 Å². The normalized spacial score (nSPS) is 13.8. The number of nitrogens with two attached hydrogens (primary N) is 1. The van der Waals surface area contributed by atoms with Crippen LogP contribution < -0.4 is 5.73 Å². The van der Waals surface area contributed by atoms with E-state index >= 15 is 0 Å². The molecular formula is C52H92NO8P. The smallest absolute Gasteiger partial charge is 0.461 e. The van der Waals surface area contributed by atoms with Crippen molar-refractivity contribution < 1.29 is 37.6 Å². The Hall–Kier alpha value is -2.55. The van der Waals surface area contributed by atoms with Gasteiger partial charge in [-0.05, 0) is 51.4 Å². The molecule has 0 saturated heterocycles. The fourth-order valence-corrected chi connectivity index (χ4v) is 7.45. The quantitative estimate of drug-likeness (QED) is 0.0265. The molecule has 9 nitrogen and oxygen atoms in total. The fourth-order valence-electron chi connectivity index (χ4n) is 6.69. The van der Waals surface area contributed by atoms with Gasteiger partial charge in [-0.15, -0.1) is 0 Å². The van der Waals surface area contributed by atoms with Crippen molar-refractivity contribution in [2.24, 2.45) is 5.73 Å². The van der Waals surface area contributed by atoms with Gasteiger partial charge in [-0.1, -0.05) is 222 Å². The summed E-state index contributed by atoms with van der Waals surface area (Å²) in [4.78, 5) is 34.9. The van der Waals surface area contributed by atoms with E-state index in [0.29, 0.717) is 12.8 Å². The van der Waals surface area contributed by atoms with Crippen LogP contribution >= 0.6 is 7.82 Å². The summed E-state index contributed by atoms with van der Waals surface area (Å²) in [6, 6.07) is 0. The number of rotatable bonds is 46. The van der Waals surface area contributed by atoms with E-state index in [1.54, 1.807) is 12.2 Å². The summed E-state index contributed by atoms with van der Waals surface area (Å²) < 4.78 is 32.6. The van der Waals surface area contributed by atoms with Gasteiger partial charge < -0.3 is 20.1 Å². The van der Waals surface area contributed by atoms with Crippen LogP contribution in [0.2, 0.25) is 0 Å². The molecule has 62 heavy (non-hydrogen) atoms. The lowest BCUT2D eigenvalue weighted by atomic mass is 10.0. The van der Waals surface area contributed by atoms with Crippen molar-refractivity contribution in [3.8, 4) is 0 Å². The van der Waals surface area contributed by atoms with Gasteiger partial charge in [-0.3, -0.25) is 18.6 Å². The van der Waals surface area contributed by atoms with Crippen LogP contribution in [0.4, 0.5) is 0 Å². The largest absolute Gasteiger partial charge is 0.472 e. The molecule has 0 spiro atoms. The summed E-state index contributed by atoms with van der Waals surface area (Å²) in [6.45, 7) is 3.56. The summed E-state index contributed by atoms with van der Waals surface area (Å²) in [7, 11) is -4.42. The van der Waals surface area contributed by atoms with Crippen LogP contribution in [0.3, 0.4) is 0 Å². The van der Waals surface area contributed by atoms with E-state index < -0.39 is 32.5 Å². The molecule has 0 bridgehead atoms. The van der Waals surface area contributed by atoms with Gasteiger partial charge >= 0.3 is 19.8 Å². The van der Waals surface area contributed by atoms with Crippen LogP contribution in [0.5, 0.6) is 0 Å². The Labute approximate surface area is 380 Å². The van der Waals surface area contributed by atoms with E-state index in [-0.39, 0.29) is 32.6 Å². The number of allylic oxidation sites excluding steroid dienone is 10. The van der Waals surface area contributed by atoms with Crippen molar-refractivity contribution in [2.45, 2.75) is 219 Å². The molecule has 0 fully saturated rings. The lowest BCUT2D eigenvalue weighted by Gasteiger charge is -2.19. The van der Waals surface area contributed by atoms with E-state index in [9.17, 15) is 19.0 Å². The maximum atomic E-state index is 12.6. The molecule has 0 aromatic carbocycles. The van der Waals surface area contributed by atoms with E-state index in [1.807, 2.05) is 12.2 Å². The number of unbranched alkanes of at least 4 members (excludes halogenated alkanes) is 23. The van der Waals surface area contributed by atoms with Crippen molar-refractivity contribution in [1.82, 2.24) is 0 Å².